The molecule has 0 saturated heterocycles. The molecule has 1 amide bonds. The van der Waals surface area contributed by atoms with Crippen LogP contribution in [0.4, 0.5) is 0 Å². The molecule has 0 spiro atoms. The van der Waals surface area contributed by atoms with Gasteiger partial charge in [-0.25, -0.2) is 0 Å². The lowest BCUT2D eigenvalue weighted by atomic mass is 10.0. The van der Waals surface area contributed by atoms with Crippen molar-refractivity contribution in [2.75, 3.05) is 0 Å². The van der Waals surface area contributed by atoms with Crippen LogP contribution < -0.4 is 5.32 Å². The summed E-state index contributed by atoms with van der Waals surface area (Å²) >= 11 is 0. The van der Waals surface area contributed by atoms with Crippen LogP contribution in [0.15, 0.2) is 30.3 Å². The summed E-state index contributed by atoms with van der Waals surface area (Å²) < 4.78 is 0. The third kappa shape index (κ3) is 4.91. The smallest absolute Gasteiger partial charge is 0.273 e. The molecule has 2 aromatic rings. The molecule has 5 heteroatoms. The van der Waals surface area contributed by atoms with Gasteiger partial charge in [-0.05, 0) is 38.3 Å². The highest BCUT2D eigenvalue weighted by molar-refractivity contribution is 5.93. The van der Waals surface area contributed by atoms with Gasteiger partial charge in [0.25, 0.3) is 5.91 Å². The van der Waals surface area contributed by atoms with Crippen molar-refractivity contribution in [1.82, 2.24) is 20.3 Å². The van der Waals surface area contributed by atoms with E-state index in [1.54, 1.807) is 0 Å². The number of hydrogen-bond acceptors (Lipinski definition) is 3. The fraction of sp³-hybridized carbons (Fsp3) is 0.500. The van der Waals surface area contributed by atoms with Gasteiger partial charge in [0.05, 0.1) is 11.4 Å². The molecule has 2 rings (SSSR count). The molecule has 1 N–H and O–H groups in total. The molecule has 0 fully saturated rings. The predicted octanol–water partition coefficient (Wildman–Crippen LogP) is 3.52. The summed E-state index contributed by atoms with van der Waals surface area (Å²) in [5.41, 5.74) is 1.88. The van der Waals surface area contributed by atoms with Crippen LogP contribution in [0.5, 0.6) is 0 Å². The van der Waals surface area contributed by atoms with Gasteiger partial charge in [0.1, 0.15) is 0 Å². The van der Waals surface area contributed by atoms with E-state index in [1.165, 1.54) is 11.2 Å². The van der Waals surface area contributed by atoms with E-state index in [0.29, 0.717) is 17.3 Å². The van der Waals surface area contributed by atoms with Crippen LogP contribution in [-0.2, 0) is 0 Å². The summed E-state index contributed by atoms with van der Waals surface area (Å²) in [7, 11) is 0. The first-order chi connectivity index (χ1) is 11.0. The quantitative estimate of drug-likeness (QED) is 0.850. The molecule has 1 aromatic heterocycles. The Hall–Kier alpha value is -2.17. The van der Waals surface area contributed by atoms with E-state index in [9.17, 15) is 4.79 Å². The Morgan fingerprint density at radius 2 is 1.83 bits per heavy atom. The summed E-state index contributed by atoms with van der Waals surface area (Å²) in [6.07, 6.45) is 3.29. The first-order valence-corrected chi connectivity index (χ1v) is 8.27. The van der Waals surface area contributed by atoms with Crippen molar-refractivity contribution < 1.29 is 4.79 Å². The maximum absolute atomic E-state index is 12.4. The zero-order chi connectivity index (χ0) is 16.8. The summed E-state index contributed by atoms with van der Waals surface area (Å²) in [5, 5.41) is 11.7. The van der Waals surface area contributed by atoms with E-state index in [0.717, 1.165) is 18.5 Å². The molecule has 124 valence electrons. The highest BCUT2D eigenvalue weighted by Crippen LogP contribution is 2.10. The van der Waals surface area contributed by atoms with Crippen LogP contribution in [0.2, 0.25) is 0 Å². The van der Waals surface area contributed by atoms with Crippen LogP contribution in [0, 0.1) is 12.8 Å². The SMILES string of the molecule is Cc1nn(-c2ccccc2)nc1C(=O)NC(C)CCCC(C)C. The monoisotopic (exact) mass is 314 g/mol. The number of amides is 1. The van der Waals surface area contributed by atoms with Crippen LogP contribution >= 0.6 is 0 Å². The summed E-state index contributed by atoms with van der Waals surface area (Å²) in [5.74, 6) is 0.549. The maximum atomic E-state index is 12.4. The molecule has 0 aliphatic heterocycles. The average molecular weight is 314 g/mol. The number of nitrogens with zero attached hydrogens (tertiary/aromatic N) is 3. The third-order valence-corrected chi connectivity index (χ3v) is 3.78. The van der Waals surface area contributed by atoms with E-state index in [1.807, 2.05) is 44.2 Å². The van der Waals surface area contributed by atoms with E-state index >= 15 is 0 Å². The zero-order valence-corrected chi connectivity index (χ0v) is 14.4. The number of aryl methyl sites for hydroxylation is 1. The molecule has 1 heterocycles. The van der Waals surface area contributed by atoms with Crippen molar-refractivity contribution in [3.63, 3.8) is 0 Å². The minimum Gasteiger partial charge on any atom is -0.348 e. The fourth-order valence-electron chi connectivity index (χ4n) is 2.46. The summed E-state index contributed by atoms with van der Waals surface area (Å²) in [6, 6.07) is 9.75. The van der Waals surface area contributed by atoms with Crippen molar-refractivity contribution in [2.24, 2.45) is 5.92 Å². The van der Waals surface area contributed by atoms with Gasteiger partial charge in [0, 0.05) is 6.04 Å². The normalized spacial score (nSPS) is 12.4. The van der Waals surface area contributed by atoms with Crippen molar-refractivity contribution in [1.29, 1.82) is 0 Å². The first kappa shape index (κ1) is 17.2. The molecule has 1 atom stereocenters. The topological polar surface area (TPSA) is 59.8 Å². The molecular weight excluding hydrogens is 288 g/mol. The number of hydrogen-bond donors (Lipinski definition) is 1. The van der Waals surface area contributed by atoms with Crippen LogP contribution in [0.25, 0.3) is 5.69 Å². The molecular formula is C18H26N4O. The number of carbonyl (C=O) groups excluding carboxylic acids is 1. The zero-order valence-electron chi connectivity index (χ0n) is 14.4. The lowest BCUT2D eigenvalue weighted by Gasteiger charge is -2.13. The maximum Gasteiger partial charge on any atom is 0.273 e. The van der Waals surface area contributed by atoms with Crippen molar-refractivity contribution in [3.8, 4) is 5.69 Å². The van der Waals surface area contributed by atoms with Gasteiger partial charge < -0.3 is 5.32 Å². The number of nitrogens with one attached hydrogen (secondary N) is 1. The number of para-hydroxylation sites is 1. The molecule has 5 nitrogen and oxygen atoms in total. The van der Waals surface area contributed by atoms with Gasteiger partial charge in [-0.1, -0.05) is 44.9 Å². The average Bonchev–Trinajstić information content (AvgIpc) is 2.90. The number of rotatable bonds is 7. The minimum absolute atomic E-state index is 0.141. The van der Waals surface area contributed by atoms with Gasteiger partial charge in [-0.15, -0.1) is 5.10 Å². The molecule has 23 heavy (non-hydrogen) atoms. The number of carbonyl (C=O) groups is 1. The molecule has 1 aromatic carbocycles. The van der Waals surface area contributed by atoms with E-state index in [-0.39, 0.29) is 11.9 Å². The largest absolute Gasteiger partial charge is 0.348 e. The molecule has 0 saturated carbocycles. The van der Waals surface area contributed by atoms with Crippen LogP contribution in [-0.4, -0.2) is 26.9 Å². The van der Waals surface area contributed by atoms with Crippen LogP contribution in [0.3, 0.4) is 0 Å². The van der Waals surface area contributed by atoms with Gasteiger partial charge in [0.15, 0.2) is 5.69 Å². The lowest BCUT2D eigenvalue weighted by molar-refractivity contribution is 0.0931. The van der Waals surface area contributed by atoms with E-state index in [2.05, 4.69) is 29.4 Å². The Morgan fingerprint density at radius 1 is 1.13 bits per heavy atom. The Kier molecular flexibility index (Phi) is 5.90. The van der Waals surface area contributed by atoms with Gasteiger partial charge in [-0.3, -0.25) is 4.79 Å². The van der Waals surface area contributed by atoms with Crippen molar-refractivity contribution in [3.05, 3.63) is 41.7 Å². The van der Waals surface area contributed by atoms with Gasteiger partial charge in [-0.2, -0.15) is 9.90 Å². The second kappa shape index (κ2) is 7.90. The number of aromatic nitrogens is 3. The Morgan fingerprint density at radius 3 is 2.48 bits per heavy atom. The highest BCUT2D eigenvalue weighted by atomic mass is 16.2. The van der Waals surface area contributed by atoms with Crippen LogP contribution in [0.1, 0.15) is 56.2 Å². The number of benzene rings is 1. The molecule has 0 bridgehead atoms. The minimum atomic E-state index is -0.151. The van der Waals surface area contributed by atoms with Crippen molar-refractivity contribution in [2.45, 2.75) is 53.0 Å². The van der Waals surface area contributed by atoms with E-state index < -0.39 is 0 Å². The third-order valence-electron chi connectivity index (χ3n) is 3.78. The second-order valence-corrected chi connectivity index (χ2v) is 6.46. The Bertz CT molecular complexity index is 634. The predicted molar refractivity (Wildman–Crippen MR) is 91.7 cm³/mol. The lowest BCUT2D eigenvalue weighted by Crippen LogP contribution is -2.33. The van der Waals surface area contributed by atoms with Gasteiger partial charge in [0.2, 0.25) is 0 Å². The Labute approximate surface area is 138 Å². The highest BCUT2D eigenvalue weighted by Gasteiger charge is 2.18. The summed E-state index contributed by atoms with van der Waals surface area (Å²) in [6.45, 7) is 8.28. The van der Waals surface area contributed by atoms with Gasteiger partial charge >= 0.3 is 0 Å². The van der Waals surface area contributed by atoms with E-state index in [4.69, 9.17) is 0 Å². The standard InChI is InChI=1S/C18H26N4O/c1-13(2)9-8-10-14(3)19-18(23)17-15(4)20-22(21-17)16-11-6-5-7-12-16/h5-7,11-14H,8-10H2,1-4H3,(H,19,23). The fourth-order valence-corrected chi connectivity index (χ4v) is 2.46. The molecule has 0 aliphatic rings. The molecule has 1 unspecified atom stereocenters. The Balaban J connectivity index is 1.98. The summed E-state index contributed by atoms with van der Waals surface area (Å²) in [4.78, 5) is 13.9. The molecule has 0 aliphatic carbocycles. The van der Waals surface area contributed by atoms with Crippen molar-refractivity contribution >= 4 is 5.91 Å². The second-order valence-electron chi connectivity index (χ2n) is 6.46. The first-order valence-electron chi connectivity index (χ1n) is 8.27. The molecule has 0 radical (unpaired) electrons.